The molecule has 0 atom stereocenters. The SMILES string of the molecule is O=c1[nH]c(C2CCCCC2)nc2c1CCN(Cc1ccc3cc[nH]c3c1)C2. The highest BCUT2D eigenvalue weighted by atomic mass is 16.1. The number of aromatic nitrogens is 3. The summed E-state index contributed by atoms with van der Waals surface area (Å²) >= 11 is 0. The lowest BCUT2D eigenvalue weighted by Gasteiger charge is -2.29. The van der Waals surface area contributed by atoms with E-state index in [4.69, 9.17) is 4.98 Å². The number of hydrogen-bond donors (Lipinski definition) is 2. The van der Waals surface area contributed by atoms with E-state index < -0.39 is 0 Å². The average molecular weight is 362 g/mol. The van der Waals surface area contributed by atoms with Crippen LogP contribution in [0.4, 0.5) is 0 Å². The van der Waals surface area contributed by atoms with Gasteiger partial charge in [-0.3, -0.25) is 9.69 Å². The molecule has 140 valence electrons. The third-order valence-corrected chi connectivity index (χ3v) is 6.19. The highest BCUT2D eigenvalue weighted by Crippen LogP contribution is 2.31. The quantitative estimate of drug-likeness (QED) is 0.744. The molecule has 0 spiro atoms. The zero-order valence-corrected chi connectivity index (χ0v) is 15.6. The Hall–Kier alpha value is -2.40. The van der Waals surface area contributed by atoms with E-state index in [1.54, 1.807) is 0 Å². The minimum Gasteiger partial charge on any atom is -0.361 e. The minimum atomic E-state index is 0.0908. The second-order valence-electron chi connectivity index (χ2n) is 8.07. The molecule has 0 amide bonds. The van der Waals surface area contributed by atoms with Crippen molar-refractivity contribution in [3.63, 3.8) is 0 Å². The molecule has 3 heterocycles. The molecule has 2 aromatic heterocycles. The lowest BCUT2D eigenvalue weighted by Crippen LogP contribution is -2.35. The highest BCUT2D eigenvalue weighted by molar-refractivity contribution is 5.79. The van der Waals surface area contributed by atoms with Gasteiger partial charge < -0.3 is 9.97 Å². The van der Waals surface area contributed by atoms with E-state index in [0.717, 1.165) is 56.0 Å². The Bertz CT molecular complexity index is 1010. The predicted octanol–water partition coefficient (Wildman–Crippen LogP) is 3.86. The van der Waals surface area contributed by atoms with Crippen LogP contribution in [-0.2, 0) is 19.5 Å². The Morgan fingerprint density at radius 2 is 2.04 bits per heavy atom. The second kappa shape index (κ2) is 6.97. The number of fused-ring (bicyclic) bond motifs is 2. The topological polar surface area (TPSA) is 64.8 Å². The third kappa shape index (κ3) is 3.32. The van der Waals surface area contributed by atoms with Gasteiger partial charge in [0.05, 0.1) is 5.69 Å². The van der Waals surface area contributed by atoms with E-state index in [0.29, 0.717) is 5.92 Å². The fourth-order valence-corrected chi connectivity index (χ4v) is 4.67. The van der Waals surface area contributed by atoms with Gasteiger partial charge in [0, 0.05) is 42.8 Å². The molecule has 1 saturated carbocycles. The molecule has 0 radical (unpaired) electrons. The summed E-state index contributed by atoms with van der Waals surface area (Å²) in [4.78, 5) is 26.3. The molecule has 1 aliphatic carbocycles. The van der Waals surface area contributed by atoms with Crippen molar-refractivity contribution in [3.8, 4) is 0 Å². The van der Waals surface area contributed by atoms with Crippen molar-refractivity contribution in [2.75, 3.05) is 6.54 Å². The molecular weight excluding hydrogens is 336 g/mol. The molecule has 3 aromatic rings. The van der Waals surface area contributed by atoms with Gasteiger partial charge in [0.25, 0.3) is 5.56 Å². The maximum Gasteiger partial charge on any atom is 0.254 e. The normalized spacial score (nSPS) is 18.7. The highest BCUT2D eigenvalue weighted by Gasteiger charge is 2.24. The number of nitrogens with one attached hydrogen (secondary N) is 2. The molecular formula is C22H26N4O. The largest absolute Gasteiger partial charge is 0.361 e. The van der Waals surface area contributed by atoms with Gasteiger partial charge in [-0.25, -0.2) is 4.98 Å². The van der Waals surface area contributed by atoms with E-state index in [1.807, 2.05) is 6.20 Å². The first-order chi connectivity index (χ1) is 13.3. The Morgan fingerprint density at radius 1 is 1.15 bits per heavy atom. The van der Waals surface area contributed by atoms with Crippen molar-refractivity contribution in [1.82, 2.24) is 19.9 Å². The van der Waals surface area contributed by atoms with Crippen molar-refractivity contribution in [3.05, 3.63) is 63.5 Å². The first-order valence-electron chi connectivity index (χ1n) is 10.2. The maximum absolute atomic E-state index is 12.6. The molecule has 2 aliphatic rings. The van der Waals surface area contributed by atoms with Gasteiger partial charge in [-0.2, -0.15) is 0 Å². The number of hydrogen-bond acceptors (Lipinski definition) is 3. The summed E-state index contributed by atoms with van der Waals surface area (Å²) in [5, 5.41) is 1.24. The Kier molecular flexibility index (Phi) is 4.32. The van der Waals surface area contributed by atoms with Crippen molar-refractivity contribution in [1.29, 1.82) is 0 Å². The molecule has 5 nitrogen and oxygen atoms in total. The van der Waals surface area contributed by atoms with E-state index in [-0.39, 0.29) is 5.56 Å². The summed E-state index contributed by atoms with van der Waals surface area (Å²) < 4.78 is 0. The average Bonchev–Trinajstić information content (AvgIpc) is 3.16. The van der Waals surface area contributed by atoms with E-state index in [9.17, 15) is 4.79 Å². The van der Waals surface area contributed by atoms with Crippen molar-refractivity contribution in [2.24, 2.45) is 0 Å². The van der Waals surface area contributed by atoms with Gasteiger partial charge in [-0.15, -0.1) is 0 Å². The van der Waals surface area contributed by atoms with Crippen LogP contribution < -0.4 is 5.56 Å². The van der Waals surface area contributed by atoms with Crippen molar-refractivity contribution < 1.29 is 0 Å². The molecule has 27 heavy (non-hydrogen) atoms. The van der Waals surface area contributed by atoms with Gasteiger partial charge >= 0.3 is 0 Å². The summed E-state index contributed by atoms with van der Waals surface area (Å²) in [6.07, 6.45) is 8.88. The fraction of sp³-hybridized carbons (Fsp3) is 0.455. The molecule has 1 aliphatic heterocycles. The van der Waals surface area contributed by atoms with E-state index in [1.165, 1.54) is 35.7 Å². The molecule has 0 bridgehead atoms. The molecule has 0 saturated heterocycles. The first-order valence-corrected chi connectivity index (χ1v) is 10.2. The van der Waals surface area contributed by atoms with Gasteiger partial charge in [0.15, 0.2) is 0 Å². The Labute approximate surface area is 158 Å². The standard InChI is InChI=1S/C22H26N4O/c27-22-18-9-11-26(13-15-6-7-16-8-10-23-19(16)12-15)14-20(18)24-21(25-22)17-4-2-1-3-5-17/h6-8,10,12,17,23H,1-5,9,11,13-14H2,(H,24,25,27). The first kappa shape index (κ1) is 16.8. The molecule has 5 rings (SSSR count). The number of rotatable bonds is 3. The van der Waals surface area contributed by atoms with Crippen molar-refractivity contribution >= 4 is 10.9 Å². The number of H-pyrrole nitrogens is 2. The maximum atomic E-state index is 12.6. The predicted molar refractivity (Wildman–Crippen MR) is 107 cm³/mol. The molecule has 0 unspecified atom stereocenters. The van der Waals surface area contributed by atoms with E-state index in [2.05, 4.69) is 39.1 Å². The van der Waals surface area contributed by atoms with Crippen molar-refractivity contribution in [2.45, 2.75) is 57.5 Å². The molecule has 2 N–H and O–H groups in total. The molecule has 5 heteroatoms. The van der Waals surface area contributed by atoms with Gasteiger partial charge in [0.2, 0.25) is 0 Å². The summed E-state index contributed by atoms with van der Waals surface area (Å²) in [5.74, 6) is 1.36. The lowest BCUT2D eigenvalue weighted by atomic mass is 9.88. The minimum absolute atomic E-state index is 0.0908. The summed E-state index contributed by atoms with van der Waals surface area (Å²) in [7, 11) is 0. The van der Waals surface area contributed by atoms with Crippen LogP contribution in [0.15, 0.2) is 35.3 Å². The van der Waals surface area contributed by atoms with Crippen LogP contribution in [0.25, 0.3) is 10.9 Å². The molecule has 1 fully saturated rings. The van der Waals surface area contributed by atoms with Gasteiger partial charge in [0.1, 0.15) is 5.82 Å². The lowest BCUT2D eigenvalue weighted by molar-refractivity contribution is 0.239. The van der Waals surface area contributed by atoms with Gasteiger partial charge in [-0.1, -0.05) is 31.4 Å². The second-order valence-corrected chi connectivity index (χ2v) is 8.07. The zero-order chi connectivity index (χ0) is 18.2. The Balaban J connectivity index is 1.37. The zero-order valence-electron chi connectivity index (χ0n) is 15.6. The van der Waals surface area contributed by atoms with Crippen LogP contribution in [0.2, 0.25) is 0 Å². The van der Waals surface area contributed by atoms with Crippen LogP contribution in [0.3, 0.4) is 0 Å². The smallest absolute Gasteiger partial charge is 0.254 e. The number of aromatic amines is 2. The fourth-order valence-electron chi connectivity index (χ4n) is 4.67. The van der Waals surface area contributed by atoms with E-state index >= 15 is 0 Å². The Morgan fingerprint density at radius 3 is 2.93 bits per heavy atom. The summed E-state index contributed by atoms with van der Waals surface area (Å²) in [6.45, 7) is 2.56. The van der Waals surface area contributed by atoms with Crippen LogP contribution in [0.1, 0.15) is 60.7 Å². The monoisotopic (exact) mass is 362 g/mol. The summed E-state index contributed by atoms with van der Waals surface area (Å²) in [5.41, 5.74) is 4.45. The third-order valence-electron chi connectivity index (χ3n) is 6.19. The van der Waals surface area contributed by atoms with Gasteiger partial charge in [-0.05, 0) is 42.3 Å². The van der Waals surface area contributed by atoms with Crippen LogP contribution in [-0.4, -0.2) is 26.4 Å². The number of benzene rings is 1. The van der Waals surface area contributed by atoms with Crippen LogP contribution in [0.5, 0.6) is 0 Å². The van der Waals surface area contributed by atoms with Crippen LogP contribution >= 0.6 is 0 Å². The summed E-state index contributed by atoms with van der Waals surface area (Å²) in [6, 6.07) is 8.69. The number of nitrogens with zero attached hydrogens (tertiary/aromatic N) is 2. The van der Waals surface area contributed by atoms with Crippen LogP contribution in [0, 0.1) is 0 Å². The molecule has 1 aromatic carbocycles.